The Balaban J connectivity index is 2.58. The Morgan fingerprint density at radius 3 is 2.70 bits per heavy atom. The summed E-state index contributed by atoms with van der Waals surface area (Å²) in [5.74, 6) is 0.273. The van der Waals surface area contributed by atoms with E-state index in [0.717, 1.165) is 4.31 Å². The van der Waals surface area contributed by atoms with Gasteiger partial charge in [-0.15, -0.1) is 6.58 Å². The van der Waals surface area contributed by atoms with E-state index in [-0.39, 0.29) is 32.1 Å². The molecule has 7 heteroatoms. The van der Waals surface area contributed by atoms with E-state index in [4.69, 9.17) is 15.6 Å². The number of hydrogen-bond donors (Lipinski definition) is 2. The summed E-state index contributed by atoms with van der Waals surface area (Å²) in [5.41, 5.74) is 6.16. The second-order valence-corrected chi connectivity index (χ2v) is 6.16. The molecule has 0 unspecified atom stereocenters. The molecule has 0 fully saturated rings. The van der Waals surface area contributed by atoms with E-state index in [1.807, 2.05) is 0 Å². The first-order valence-corrected chi connectivity index (χ1v) is 7.79. The molecule has 0 aliphatic carbocycles. The van der Waals surface area contributed by atoms with Crippen molar-refractivity contribution in [2.45, 2.75) is 0 Å². The van der Waals surface area contributed by atoms with E-state index in [1.165, 1.54) is 6.08 Å². The van der Waals surface area contributed by atoms with Gasteiger partial charge in [0.25, 0.3) is 0 Å². The van der Waals surface area contributed by atoms with Crippen molar-refractivity contribution in [3.63, 3.8) is 0 Å². The van der Waals surface area contributed by atoms with E-state index in [9.17, 15) is 8.42 Å². The van der Waals surface area contributed by atoms with Crippen molar-refractivity contribution >= 4 is 15.7 Å². The third-order valence-electron chi connectivity index (χ3n) is 2.59. The number of hydrogen-bond acceptors (Lipinski definition) is 5. The van der Waals surface area contributed by atoms with Crippen molar-refractivity contribution in [3.05, 3.63) is 36.9 Å². The van der Waals surface area contributed by atoms with Crippen LogP contribution in [-0.4, -0.2) is 49.9 Å². The number of aliphatic hydroxyl groups is 1. The average molecular weight is 300 g/mol. The van der Waals surface area contributed by atoms with Crippen LogP contribution in [-0.2, 0) is 10.0 Å². The molecule has 1 rings (SSSR count). The molecule has 1 aromatic rings. The number of aliphatic hydroxyl groups excluding tert-OH is 1. The quantitative estimate of drug-likeness (QED) is 0.510. The lowest BCUT2D eigenvalue weighted by molar-refractivity contribution is 0.259. The lowest BCUT2D eigenvalue weighted by Gasteiger charge is -2.19. The van der Waals surface area contributed by atoms with Crippen LogP contribution < -0.4 is 10.5 Å². The van der Waals surface area contributed by atoms with Gasteiger partial charge in [-0.2, -0.15) is 4.31 Å². The summed E-state index contributed by atoms with van der Waals surface area (Å²) in [4.78, 5) is 0. The van der Waals surface area contributed by atoms with Gasteiger partial charge in [0.05, 0.1) is 18.0 Å². The summed E-state index contributed by atoms with van der Waals surface area (Å²) >= 11 is 0. The largest absolute Gasteiger partial charge is 0.490 e. The second-order valence-electron chi connectivity index (χ2n) is 4.07. The molecule has 3 N–H and O–H groups in total. The Hall–Kier alpha value is -1.57. The number of nitrogens with zero attached hydrogens (tertiary/aromatic N) is 1. The van der Waals surface area contributed by atoms with Gasteiger partial charge in [-0.25, -0.2) is 8.42 Å². The molecule has 0 aromatic heterocycles. The fourth-order valence-electron chi connectivity index (χ4n) is 1.60. The molecule has 0 bridgehead atoms. The number of rotatable bonds is 9. The first-order chi connectivity index (χ1) is 9.51. The van der Waals surface area contributed by atoms with E-state index in [1.54, 1.807) is 24.3 Å². The SMILES string of the molecule is C=CCN(CCO)S(=O)(=O)CCOc1ccccc1N. The summed E-state index contributed by atoms with van der Waals surface area (Å²) in [6, 6.07) is 6.89. The highest BCUT2D eigenvalue weighted by Gasteiger charge is 2.20. The van der Waals surface area contributed by atoms with Crippen LogP contribution in [0.25, 0.3) is 0 Å². The Bertz CT molecular complexity index is 531. The van der Waals surface area contributed by atoms with Gasteiger partial charge in [0.1, 0.15) is 12.4 Å². The van der Waals surface area contributed by atoms with E-state index in [0.29, 0.717) is 11.4 Å². The predicted molar refractivity (Wildman–Crippen MR) is 79.0 cm³/mol. The number of nitrogen functional groups attached to an aromatic ring is 1. The first-order valence-electron chi connectivity index (χ1n) is 6.18. The predicted octanol–water partition coefficient (Wildman–Crippen LogP) is 0.458. The van der Waals surface area contributed by atoms with E-state index < -0.39 is 10.0 Å². The van der Waals surface area contributed by atoms with Crippen LogP contribution in [0.15, 0.2) is 36.9 Å². The molecule has 0 saturated carbocycles. The summed E-state index contributed by atoms with van der Waals surface area (Å²) < 4.78 is 30.6. The van der Waals surface area contributed by atoms with Gasteiger partial charge >= 0.3 is 0 Å². The smallest absolute Gasteiger partial charge is 0.217 e. The molecule has 0 radical (unpaired) electrons. The highest BCUT2D eigenvalue weighted by Crippen LogP contribution is 2.19. The van der Waals surface area contributed by atoms with Crippen LogP contribution in [0.5, 0.6) is 5.75 Å². The van der Waals surface area contributed by atoms with Gasteiger partial charge in [0.2, 0.25) is 10.0 Å². The average Bonchev–Trinajstić information content (AvgIpc) is 2.40. The zero-order chi connectivity index (χ0) is 15.0. The highest BCUT2D eigenvalue weighted by atomic mass is 32.2. The minimum atomic E-state index is -3.49. The minimum absolute atomic E-state index is 0.00435. The van der Waals surface area contributed by atoms with Crippen molar-refractivity contribution in [1.82, 2.24) is 4.31 Å². The molecule has 6 nitrogen and oxygen atoms in total. The molecule has 0 atom stereocenters. The zero-order valence-corrected chi connectivity index (χ0v) is 12.1. The molecule has 0 heterocycles. The van der Waals surface area contributed by atoms with Gasteiger partial charge in [0.15, 0.2) is 0 Å². The van der Waals surface area contributed by atoms with Crippen LogP contribution in [0.3, 0.4) is 0 Å². The Morgan fingerprint density at radius 2 is 2.10 bits per heavy atom. The molecule has 0 amide bonds. The molecule has 0 aliphatic rings. The minimum Gasteiger partial charge on any atom is -0.490 e. The Labute approximate surface area is 119 Å². The lowest BCUT2D eigenvalue weighted by atomic mass is 10.3. The van der Waals surface area contributed by atoms with Crippen LogP contribution in [0.1, 0.15) is 0 Å². The summed E-state index contributed by atoms with van der Waals surface area (Å²) in [6.45, 7) is 3.47. The van der Waals surface area contributed by atoms with Gasteiger partial charge in [-0.05, 0) is 12.1 Å². The summed E-state index contributed by atoms with van der Waals surface area (Å²) in [7, 11) is -3.49. The van der Waals surface area contributed by atoms with Gasteiger partial charge in [-0.3, -0.25) is 0 Å². The van der Waals surface area contributed by atoms with E-state index >= 15 is 0 Å². The first kappa shape index (κ1) is 16.5. The van der Waals surface area contributed by atoms with Gasteiger partial charge in [0, 0.05) is 13.1 Å². The van der Waals surface area contributed by atoms with Crippen LogP contribution in [0.2, 0.25) is 0 Å². The Morgan fingerprint density at radius 1 is 1.40 bits per heavy atom. The van der Waals surface area contributed by atoms with Crippen molar-refractivity contribution in [2.24, 2.45) is 0 Å². The molecule has 112 valence electrons. The number of nitrogens with two attached hydrogens (primary N) is 1. The Kier molecular flexibility index (Phi) is 6.50. The van der Waals surface area contributed by atoms with Gasteiger partial charge < -0.3 is 15.6 Å². The molecular formula is C13H20N2O4S. The molecule has 20 heavy (non-hydrogen) atoms. The zero-order valence-electron chi connectivity index (χ0n) is 11.2. The standard InChI is InChI=1S/C13H20N2O4S/c1-2-7-15(8-9-16)20(17,18)11-10-19-13-6-4-3-5-12(13)14/h2-6,16H,1,7-11,14H2. The molecule has 1 aromatic carbocycles. The van der Waals surface area contributed by atoms with Crippen molar-refractivity contribution < 1.29 is 18.3 Å². The number of benzene rings is 1. The fraction of sp³-hybridized carbons (Fsp3) is 0.385. The maximum absolute atomic E-state index is 12.0. The van der Waals surface area contributed by atoms with E-state index in [2.05, 4.69) is 6.58 Å². The van der Waals surface area contributed by atoms with Crippen LogP contribution in [0.4, 0.5) is 5.69 Å². The highest BCUT2D eigenvalue weighted by molar-refractivity contribution is 7.89. The van der Waals surface area contributed by atoms with Crippen molar-refractivity contribution in [2.75, 3.05) is 37.8 Å². The lowest BCUT2D eigenvalue weighted by Crippen LogP contribution is -2.36. The van der Waals surface area contributed by atoms with Crippen LogP contribution >= 0.6 is 0 Å². The molecule has 0 aliphatic heterocycles. The number of anilines is 1. The van der Waals surface area contributed by atoms with Crippen molar-refractivity contribution in [1.29, 1.82) is 0 Å². The van der Waals surface area contributed by atoms with Crippen LogP contribution in [0, 0.1) is 0 Å². The summed E-state index contributed by atoms with van der Waals surface area (Å²) in [6.07, 6.45) is 1.48. The number of sulfonamides is 1. The topological polar surface area (TPSA) is 92.9 Å². The third kappa shape index (κ3) is 4.84. The molecular weight excluding hydrogens is 280 g/mol. The monoisotopic (exact) mass is 300 g/mol. The summed E-state index contributed by atoms with van der Waals surface area (Å²) in [5, 5.41) is 8.88. The number of para-hydroxylation sites is 2. The normalized spacial score (nSPS) is 11.5. The second kappa shape index (κ2) is 7.88. The number of ether oxygens (including phenoxy) is 1. The molecule has 0 spiro atoms. The fourth-order valence-corrected chi connectivity index (χ4v) is 2.84. The third-order valence-corrected chi connectivity index (χ3v) is 4.39. The maximum Gasteiger partial charge on any atom is 0.217 e. The molecule has 0 saturated heterocycles. The van der Waals surface area contributed by atoms with Crippen molar-refractivity contribution in [3.8, 4) is 5.75 Å². The van der Waals surface area contributed by atoms with Gasteiger partial charge in [-0.1, -0.05) is 18.2 Å². The maximum atomic E-state index is 12.0.